The van der Waals surface area contributed by atoms with Crippen molar-refractivity contribution in [1.82, 2.24) is 4.98 Å². The van der Waals surface area contributed by atoms with Gasteiger partial charge in [-0.2, -0.15) is 0 Å². The fourth-order valence-electron chi connectivity index (χ4n) is 4.03. The van der Waals surface area contributed by atoms with E-state index in [0.717, 1.165) is 4.70 Å². The molecule has 4 aromatic rings. The number of aliphatic hydroxyl groups excluding tert-OH is 1. The number of aromatic nitrogens is 1. The fourth-order valence-corrected chi connectivity index (χ4v) is 5.30. The molecule has 2 heterocycles. The van der Waals surface area contributed by atoms with Crippen molar-refractivity contribution < 1.29 is 19.4 Å². The second-order valence-corrected chi connectivity index (χ2v) is 9.09. The van der Waals surface area contributed by atoms with Gasteiger partial charge in [-0.05, 0) is 42.8 Å². The molecule has 1 aromatic heterocycles. The summed E-state index contributed by atoms with van der Waals surface area (Å²) >= 11 is 7.39. The number of aliphatic hydroxyl groups is 1. The Labute approximate surface area is 204 Å². The minimum absolute atomic E-state index is 0.00198. The average Bonchev–Trinajstić information content (AvgIpc) is 3.37. The number of rotatable bonds is 5. The molecule has 1 saturated heterocycles. The molecule has 0 aliphatic carbocycles. The Morgan fingerprint density at radius 3 is 2.65 bits per heavy atom. The topological polar surface area (TPSA) is 79.7 Å². The number of thiazole rings is 1. The van der Waals surface area contributed by atoms with Crippen molar-refractivity contribution in [3.05, 3.63) is 94.5 Å². The van der Waals surface area contributed by atoms with Crippen LogP contribution in [0.3, 0.4) is 0 Å². The van der Waals surface area contributed by atoms with Crippen LogP contribution < -0.4 is 9.64 Å². The van der Waals surface area contributed by atoms with E-state index in [1.54, 1.807) is 66.7 Å². The summed E-state index contributed by atoms with van der Waals surface area (Å²) in [6.45, 7) is 2.34. The van der Waals surface area contributed by atoms with Crippen LogP contribution in [-0.2, 0) is 9.59 Å². The van der Waals surface area contributed by atoms with E-state index in [0.29, 0.717) is 39.2 Å². The lowest BCUT2D eigenvalue weighted by molar-refractivity contribution is -0.132. The molecule has 34 heavy (non-hydrogen) atoms. The third-order valence-corrected chi connectivity index (χ3v) is 6.77. The van der Waals surface area contributed by atoms with Gasteiger partial charge in [0.2, 0.25) is 0 Å². The van der Waals surface area contributed by atoms with Crippen LogP contribution in [0.15, 0.2) is 78.4 Å². The molecule has 1 fully saturated rings. The fraction of sp³-hybridized carbons (Fsp3) is 0.115. The first kappa shape index (κ1) is 22.1. The predicted molar refractivity (Wildman–Crippen MR) is 133 cm³/mol. The smallest absolute Gasteiger partial charge is 0.301 e. The Bertz CT molecular complexity index is 1450. The van der Waals surface area contributed by atoms with E-state index < -0.39 is 17.7 Å². The largest absolute Gasteiger partial charge is 0.507 e. The third kappa shape index (κ3) is 3.83. The van der Waals surface area contributed by atoms with Crippen LogP contribution in [0.1, 0.15) is 24.1 Å². The molecular weight excluding hydrogens is 472 g/mol. The van der Waals surface area contributed by atoms with E-state index in [1.165, 1.54) is 16.2 Å². The second kappa shape index (κ2) is 8.93. The standard InChI is InChI=1S/C26H19ClN2O4S/c1-2-33-18-10-6-9-16(13-18)22-21(23(30)15-7-4-3-5-8-15)24(31)25(32)29(22)26-28-19-12-11-17(27)14-20(19)34-26/h3-14,22,30H,2H2,1H3. The number of hydrogen-bond acceptors (Lipinski definition) is 6. The second-order valence-electron chi connectivity index (χ2n) is 7.65. The van der Waals surface area contributed by atoms with E-state index in [-0.39, 0.29) is 11.3 Å². The van der Waals surface area contributed by atoms with Gasteiger partial charge in [0.1, 0.15) is 11.5 Å². The van der Waals surface area contributed by atoms with Crippen LogP contribution in [0.4, 0.5) is 5.13 Å². The summed E-state index contributed by atoms with van der Waals surface area (Å²) in [5.74, 6) is -1.17. The number of halogens is 1. The highest BCUT2D eigenvalue weighted by Gasteiger charge is 2.48. The molecule has 170 valence electrons. The van der Waals surface area contributed by atoms with Crippen molar-refractivity contribution in [1.29, 1.82) is 0 Å². The van der Waals surface area contributed by atoms with Crippen LogP contribution in [-0.4, -0.2) is 28.4 Å². The first-order valence-electron chi connectivity index (χ1n) is 10.6. The summed E-state index contributed by atoms with van der Waals surface area (Å²) in [4.78, 5) is 32.6. The number of fused-ring (bicyclic) bond motifs is 1. The number of anilines is 1. The molecule has 0 radical (unpaired) electrons. The maximum absolute atomic E-state index is 13.3. The van der Waals surface area contributed by atoms with Gasteiger partial charge in [-0.1, -0.05) is 65.4 Å². The number of nitrogens with zero attached hydrogens (tertiary/aromatic N) is 2. The SMILES string of the molecule is CCOc1cccc(C2C(=C(O)c3ccccc3)C(=O)C(=O)N2c2nc3ccc(Cl)cc3s2)c1. The lowest BCUT2D eigenvalue weighted by Gasteiger charge is -2.23. The first-order valence-corrected chi connectivity index (χ1v) is 11.8. The Morgan fingerprint density at radius 1 is 1.09 bits per heavy atom. The van der Waals surface area contributed by atoms with Crippen LogP contribution >= 0.6 is 22.9 Å². The molecule has 1 amide bonds. The van der Waals surface area contributed by atoms with Gasteiger partial charge < -0.3 is 9.84 Å². The highest BCUT2D eigenvalue weighted by Crippen LogP contribution is 2.45. The number of Topliss-reactive ketones (excluding diaryl/α,β-unsaturated/α-hetero) is 1. The minimum atomic E-state index is -0.878. The van der Waals surface area contributed by atoms with E-state index in [2.05, 4.69) is 4.98 Å². The van der Waals surface area contributed by atoms with E-state index >= 15 is 0 Å². The van der Waals surface area contributed by atoms with E-state index in [4.69, 9.17) is 16.3 Å². The average molecular weight is 491 g/mol. The van der Waals surface area contributed by atoms with Gasteiger partial charge in [0.05, 0.1) is 28.4 Å². The van der Waals surface area contributed by atoms with Crippen molar-refractivity contribution in [3.8, 4) is 5.75 Å². The number of ketones is 1. The minimum Gasteiger partial charge on any atom is -0.507 e. The van der Waals surface area contributed by atoms with Crippen LogP contribution in [0.25, 0.3) is 16.0 Å². The summed E-state index contributed by atoms with van der Waals surface area (Å²) in [5, 5.41) is 12.1. The number of amides is 1. The summed E-state index contributed by atoms with van der Waals surface area (Å²) in [6.07, 6.45) is 0. The Hall–Kier alpha value is -3.68. The van der Waals surface area contributed by atoms with Gasteiger partial charge in [-0.3, -0.25) is 14.5 Å². The van der Waals surface area contributed by atoms with Crippen molar-refractivity contribution in [2.75, 3.05) is 11.5 Å². The maximum Gasteiger partial charge on any atom is 0.301 e. The summed E-state index contributed by atoms with van der Waals surface area (Å²) in [7, 11) is 0. The molecule has 0 bridgehead atoms. The maximum atomic E-state index is 13.3. The number of carbonyl (C=O) groups is 2. The molecule has 3 aromatic carbocycles. The van der Waals surface area contributed by atoms with Gasteiger partial charge in [0, 0.05) is 10.6 Å². The van der Waals surface area contributed by atoms with Crippen LogP contribution in [0.2, 0.25) is 5.02 Å². The molecule has 1 aliphatic heterocycles. The highest BCUT2D eigenvalue weighted by molar-refractivity contribution is 7.22. The van der Waals surface area contributed by atoms with Gasteiger partial charge in [0.15, 0.2) is 5.13 Å². The van der Waals surface area contributed by atoms with Crippen LogP contribution in [0, 0.1) is 0 Å². The number of benzene rings is 3. The summed E-state index contributed by atoms with van der Waals surface area (Å²) in [5.41, 5.74) is 1.74. The summed E-state index contributed by atoms with van der Waals surface area (Å²) < 4.78 is 6.43. The molecule has 5 rings (SSSR count). The Morgan fingerprint density at radius 2 is 1.88 bits per heavy atom. The number of carbonyl (C=O) groups excluding carboxylic acids is 2. The monoisotopic (exact) mass is 490 g/mol. The molecule has 8 heteroatoms. The lowest BCUT2D eigenvalue weighted by Crippen LogP contribution is -2.29. The third-order valence-electron chi connectivity index (χ3n) is 5.52. The number of hydrogen-bond donors (Lipinski definition) is 1. The molecule has 6 nitrogen and oxygen atoms in total. The first-order chi connectivity index (χ1) is 16.5. The molecule has 1 unspecified atom stereocenters. The molecule has 0 saturated carbocycles. The number of ether oxygens (including phenoxy) is 1. The Kier molecular flexibility index (Phi) is 5.81. The van der Waals surface area contributed by atoms with Crippen molar-refractivity contribution >= 4 is 55.7 Å². The van der Waals surface area contributed by atoms with Gasteiger partial charge in [-0.25, -0.2) is 4.98 Å². The van der Waals surface area contributed by atoms with Crippen LogP contribution in [0.5, 0.6) is 5.75 Å². The normalized spacial score (nSPS) is 17.5. The molecular formula is C26H19ClN2O4S. The van der Waals surface area contributed by atoms with E-state index in [1.807, 2.05) is 13.0 Å². The quantitative estimate of drug-likeness (QED) is 0.211. The molecule has 1 N–H and O–H groups in total. The van der Waals surface area contributed by atoms with Gasteiger partial charge in [0.25, 0.3) is 5.78 Å². The van der Waals surface area contributed by atoms with Crippen molar-refractivity contribution in [3.63, 3.8) is 0 Å². The molecule has 0 spiro atoms. The summed E-state index contributed by atoms with van der Waals surface area (Å²) in [6, 6.07) is 20.3. The van der Waals surface area contributed by atoms with Gasteiger partial charge >= 0.3 is 5.91 Å². The zero-order valence-electron chi connectivity index (χ0n) is 18.1. The van der Waals surface area contributed by atoms with Crippen molar-refractivity contribution in [2.24, 2.45) is 0 Å². The zero-order valence-corrected chi connectivity index (χ0v) is 19.6. The zero-order chi connectivity index (χ0) is 23.8. The predicted octanol–water partition coefficient (Wildman–Crippen LogP) is 5.97. The highest BCUT2D eigenvalue weighted by atomic mass is 35.5. The molecule has 1 aliphatic rings. The lowest BCUT2D eigenvalue weighted by atomic mass is 9.95. The Balaban J connectivity index is 1.73. The van der Waals surface area contributed by atoms with Crippen molar-refractivity contribution in [2.45, 2.75) is 13.0 Å². The molecule has 1 atom stereocenters. The van der Waals surface area contributed by atoms with E-state index in [9.17, 15) is 14.7 Å². The van der Waals surface area contributed by atoms with Gasteiger partial charge in [-0.15, -0.1) is 0 Å².